The summed E-state index contributed by atoms with van der Waals surface area (Å²) in [6, 6.07) is 4.89. The Morgan fingerprint density at radius 2 is 2.05 bits per heavy atom. The summed E-state index contributed by atoms with van der Waals surface area (Å²) in [5.41, 5.74) is 0.956. The van der Waals surface area contributed by atoms with Gasteiger partial charge in [0.25, 0.3) is 0 Å². The molecule has 1 aromatic rings. The fourth-order valence-electron chi connectivity index (χ4n) is 1.60. The van der Waals surface area contributed by atoms with Crippen LogP contribution in [0, 0.1) is 6.92 Å². The van der Waals surface area contributed by atoms with Gasteiger partial charge in [-0.2, -0.15) is 0 Å². The van der Waals surface area contributed by atoms with Gasteiger partial charge in [-0.05, 0) is 40.5 Å². The van der Waals surface area contributed by atoms with Crippen molar-refractivity contribution in [2.45, 2.75) is 39.5 Å². The second-order valence-corrected chi connectivity index (χ2v) is 12.5. The molecule has 112 valence electrons. The van der Waals surface area contributed by atoms with Crippen LogP contribution in [0.2, 0.25) is 25.7 Å². The number of anilines is 1. The van der Waals surface area contributed by atoms with Crippen molar-refractivity contribution in [1.82, 2.24) is 4.98 Å². The highest BCUT2D eigenvalue weighted by atomic mass is 79.9. The van der Waals surface area contributed by atoms with Crippen LogP contribution in [0.3, 0.4) is 0 Å². The van der Waals surface area contributed by atoms with E-state index < -0.39 is 8.07 Å². The fourth-order valence-corrected chi connectivity index (χ4v) is 2.66. The van der Waals surface area contributed by atoms with Crippen LogP contribution >= 0.6 is 15.9 Å². The molecule has 1 heterocycles. The van der Waals surface area contributed by atoms with Crippen LogP contribution in [0.1, 0.15) is 12.5 Å². The quantitative estimate of drug-likeness (QED) is 0.336. The first-order chi connectivity index (χ1) is 9.20. The lowest BCUT2D eigenvalue weighted by Crippen LogP contribution is -2.33. The summed E-state index contributed by atoms with van der Waals surface area (Å²) in [6.45, 7) is 11.3. The molecule has 1 rings (SSSR count). The van der Waals surface area contributed by atoms with Crippen molar-refractivity contribution >= 4 is 35.7 Å². The molecule has 1 amide bonds. The van der Waals surface area contributed by atoms with E-state index in [9.17, 15) is 4.79 Å². The van der Waals surface area contributed by atoms with Gasteiger partial charge in [0, 0.05) is 21.6 Å². The number of ether oxygens (including phenoxy) is 1. The Balaban J connectivity index is 2.70. The Kier molecular flexibility index (Phi) is 6.35. The molecule has 20 heavy (non-hydrogen) atoms. The van der Waals surface area contributed by atoms with E-state index in [2.05, 4.69) is 40.6 Å². The van der Waals surface area contributed by atoms with Crippen LogP contribution in [-0.4, -0.2) is 32.3 Å². The molecule has 0 N–H and O–H groups in total. The molecule has 1 aromatic heterocycles. The molecule has 0 aliphatic rings. The summed E-state index contributed by atoms with van der Waals surface area (Å²) < 4.78 is 6.38. The third kappa shape index (κ3) is 5.72. The molecule has 0 aromatic carbocycles. The standard InChI is InChI=1S/C14H23BrN2O2Si/c1-11-6-7-13(15)16-14(11)17(12(2)18)10-19-8-9-20(3,4)5/h6-7H,8-10H2,1-5H3. The lowest BCUT2D eigenvalue weighted by atomic mass is 10.3. The van der Waals surface area contributed by atoms with Crippen LogP contribution in [0.4, 0.5) is 5.82 Å². The Labute approximate surface area is 130 Å². The molecule has 0 atom stereocenters. The number of aryl methyl sites for hydroxylation is 1. The molecule has 0 fully saturated rings. The lowest BCUT2D eigenvalue weighted by Gasteiger charge is -2.23. The van der Waals surface area contributed by atoms with Gasteiger partial charge in [-0.1, -0.05) is 25.7 Å². The topological polar surface area (TPSA) is 42.4 Å². The first kappa shape index (κ1) is 17.3. The average molecular weight is 359 g/mol. The molecular formula is C14H23BrN2O2Si. The number of hydrogen-bond donors (Lipinski definition) is 0. The zero-order chi connectivity index (χ0) is 15.3. The zero-order valence-electron chi connectivity index (χ0n) is 12.9. The van der Waals surface area contributed by atoms with Gasteiger partial charge >= 0.3 is 0 Å². The summed E-state index contributed by atoms with van der Waals surface area (Å²) in [5, 5.41) is 0. The second-order valence-electron chi connectivity index (χ2n) is 6.07. The van der Waals surface area contributed by atoms with E-state index in [1.54, 1.807) is 4.90 Å². The molecule has 0 spiro atoms. The summed E-state index contributed by atoms with van der Waals surface area (Å²) >= 11 is 3.34. The van der Waals surface area contributed by atoms with E-state index >= 15 is 0 Å². The molecular weight excluding hydrogens is 336 g/mol. The van der Waals surface area contributed by atoms with Crippen molar-refractivity contribution < 1.29 is 9.53 Å². The summed E-state index contributed by atoms with van der Waals surface area (Å²) in [5.74, 6) is 0.589. The number of pyridine rings is 1. The average Bonchev–Trinajstić information content (AvgIpc) is 2.31. The van der Waals surface area contributed by atoms with Crippen LogP contribution in [-0.2, 0) is 9.53 Å². The van der Waals surface area contributed by atoms with Gasteiger partial charge in [0.2, 0.25) is 5.91 Å². The molecule has 0 saturated carbocycles. The molecule has 4 nitrogen and oxygen atoms in total. The first-order valence-corrected chi connectivity index (χ1v) is 11.2. The van der Waals surface area contributed by atoms with Crippen molar-refractivity contribution in [1.29, 1.82) is 0 Å². The minimum atomic E-state index is -1.11. The predicted molar refractivity (Wildman–Crippen MR) is 88.8 cm³/mol. The van der Waals surface area contributed by atoms with Crippen molar-refractivity contribution in [3.63, 3.8) is 0 Å². The highest BCUT2D eigenvalue weighted by Gasteiger charge is 2.17. The number of aromatic nitrogens is 1. The minimum absolute atomic E-state index is 0.0632. The number of amides is 1. The molecule has 0 saturated heterocycles. The van der Waals surface area contributed by atoms with Crippen LogP contribution < -0.4 is 4.90 Å². The molecule has 0 aliphatic heterocycles. The normalized spacial score (nSPS) is 11.5. The number of halogens is 1. The Hall–Kier alpha value is -0.723. The molecule has 0 aliphatic carbocycles. The van der Waals surface area contributed by atoms with Crippen LogP contribution in [0.15, 0.2) is 16.7 Å². The summed E-state index contributed by atoms with van der Waals surface area (Å²) in [7, 11) is -1.11. The van der Waals surface area contributed by atoms with E-state index in [0.29, 0.717) is 17.0 Å². The van der Waals surface area contributed by atoms with Crippen molar-refractivity contribution in [3.05, 3.63) is 22.3 Å². The maximum absolute atomic E-state index is 11.8. The predicted octanol–water partition coefficient (Wildman–Crippen LogP) is 3.82. The maximum atomic E-state index is 11.8. The maximum Gasteiger partial charge on any atom is 0.226 e. The number of carbonyl (C=O) groups is 1. The van der Waals surface area contributed by atoms with Gasteiger partial charge in [-0.3, -0.25) is 9.69 Å². The molecule has 0 bridgehead atoms. The van der Waals surface area contributed by atoms with Gasteiger partial charge in [-0.15, -0.1) is 0 Å². The van der Waals surface area contributed by atoms with Crippen molar-refractivity contribution in [2.24, 2.45) is 0 Å². The van der Waals surface area contributed by atoms with E-state index in [1.807, 2.05) is 19.1 Å². The highest BCUT2D eigenvalue weighted by Crippen LogP contribution is 2.20. The van der Waals surface area contributed by atoms with Gasteiger partial charge in [0.1, 0.15) is 17.2 Å². The Bertz CT molecular complexity index is 475. The minimum Gasteiger partial charge on any atom is -0.361 e. The summed E-state index contributed by atoms with van der Waals surface area (Å²) in [6.07, 6.45) is 0. The summed E-state index contributed by atoms with van der Waals surface area (Å²) in [4.78, 5) is 17.7. The first-order valence-electron chi connectivity index (χ1n) is 6.70. The number of hydrogen-bond acceptors (Lipinski definition) is 3. The Morgan fingerprint density at radius 1 is 1.40 bits per heavy atom. The largest absolute Gasteiger partial charge is 0.361 e. The monoisotopic (exact) mass is 358 g/mol. The van der Waals surface area contributed by atoms with E-state index in [1.165, 1.54) is 6.92 Å². The molecule has 6 heteroatoms. The SMILES string of the molecule is CC(=O)N(COCC[Si](C)(C)C)c1nc(Br)ccc1C. The zero-order valence-corrected chi connectivity index (χ0v) is 15.5. The van der Waals surface area contributed by atoms with Crippen LogP contribution in [0.25, 0.3) is 0 Å². The van der Waals surface area contributed by atoms with Crippen LogP contribution in [0.5, 0.6) is 0 Å². The van der Waals surface area contributed by atoms with Gasteiger partial charge in [-0.25, -0.2) is 4.98 Å². The number of carbonyl (C=O) groups excluding carboxylic acids is 1. The van der Waals surface area contributed by atoms with E-state index in [0.717, 1.165) is 11.6 Å². The van der Waals surface area contributed by atoms with Gasteiger partial charge in [0.15, 0.2) is 0 Å². The van der Waals surface area contributed by atoms with Gasteiger partial charge in [0.05, 0.1) is 0 Å². The second kappa shape index (κ2) is 7.33. The number of rotatable bonds is 6. The third-order valence-corrected chi connectivity index (χ3v) is 5.03. The third-order valence-electron chi connectivity index (χ3n) is 2.89. The highest BCUT2D eigenvalue weighted by molar-refractivity contribution is 9.10. The molecule has 0 unspecified atom stereocenters. The smallest absolute Gasteiger partial charge is 0.226 e. The molecule has 0 radical (unpaired) electrons. The Morgan fingerprint density at radius 3 is 2.60 bits per heavy atom. The fraction of sp³-hybridized carbons (Fsp3) is 0.571. The van der Waals surface area contributed by atoms with Crippen molar-refractivity contribution in [3.8, 4) is 0 Å². The van der Waals surface area contributed by atoms with E-state index in [4.69, 9.17) is 4.74 Å². The van der Waals surface area contributed by atoms with E-state index in [-0.39, 0.29) is 12.6 Å². The van der Waals surface area contributed by atoms with Gasteiger partial charge < -0.3 is 4.74 Å². The lowest BCUT2D eigenvalue weighted by molar-refractivity contribution is -0.117. The number of nitrogens with zero attached hydrogens (tertiary/aromatic N) is 2. The van der Waals surface area contributed by atoms with Crippen molar-refractivity contribution in [2.75, 3.05) is 18.2 Å².